The van der Waals surface area contributed by atoms with Crippen LogP contribution < -0.4 is 4.72 Å². The number of rotatable bonds is 5. The minimum Gasteiger partial charge on any atom is -0.480 e. The van der Waals surface area contributed by atoms with E-state index in [9.17, 15) is 13.2 Å². The molecule has 1 aromatic heterocycles. The van der Waals surface area contributed by atoms with Crippen LogP contribution in [0.1, 0.15) is 4.88 Å². The first kappa shape index (κ1) is 13.1. The maximum Gasteiger partial charge on any atom is 0.324 e. The molecule has 16 heavy (non-hydrogen) atoms. The summed E-state index contributed by atoms with van der Waals surface area (Å²) in [4.78, 5) is 11.4. The number of aliphatic hydroxyl groups excluding tert-OH is 1. The summed E-state index contributed by atoms with van der Waals surface area (Å²) in [5.74, 6) is -1.42. The van der Waals surface area contributed by atoms with Gasteiger partial charge in [-0.1, -0.05) is 0 Å². The van der Waals surface area contributed by atoms with Crippen LogP contribution in [0.2, 0.25) is 0 Å². The first-order valence-electron chi connectivity index (χ1n) is 4.29. The smallest absolute Gasteiger partial charge is 0.324 e. The fourth-order valence-electron chi connectivity index (χ4n) is 0.968. The van der Waals surface area contributed by atoms with Crippen molar-refractivity contribution in [3.05, 3.63) is 17.0 Å². The lowest BCUT2D eigenvalue weighted by Crippen LogP contribution is -2.42. The van der Waals surface area contributed by atoms with Crippen molar-refractivity contribution in [3.8, 4) is 0 Å². The summed E-state index contributed by atoms with van der Waals surface area (Å²) >= 11 is 1.03. The summed E-state index contributed by atoms with van der Waals surface area (Å²) in [5, 5.41) is 17.3. The Hall–Kier alpha value is -0.960. The quantitative estimate of drug-likeness (QED) is 0.683. The molecule has 0 saturated heterocycles. The van der Waals surface area contributed by atoms with E-state index in [1.54, 1.807) is 13.0 Å². The van der Waals surface area contributed by atoms with Crippen molar-refractivity contribution >= 4 is 27.3 Å². The van der Waals surface area contributed by atoms with Gasteiger partial charge in [-0.2, -0.15) is 4.72 Å². The van der Waals surface area contributed by atoms with E-state index in [4.69, 9.17) is 10.2 Å². The number of sulfonamides is 1. The molecule has 0 aromatic carbocycles. The second-order valence-electron chi connectivity index (χ2n) is 3.06. The molecule has 1 rings (SSSR count). The molecule has 0 unspecified atom stereocenters. The molecule has 0 fully saturated rings. The molecule has 0 aliphatic rings. The van der Waals surface area contributed by atoms with Crippen molar-refractivity contribution in [1.82, 2.24) is 4.72 Å². The van der Waals surface area contributed by atoms with Gasteiger partial charge < -0.3 is 10.2 Å². The van der Waals surface area contributed by atoms with Gasteiger partial charge in [0.15, 0.2) is 0 Å². The molecular weight excluding hydrogens is 254 g/mol. The minimum atomic E-state index is -3.87. The molecule has 90 valence electrons. The Morgan fingerprint density at radius 3 is 2.56 bits per heavy atom. The summed E-state index contributed by atoms with van der Waals surface area (Å²) in [7, 11) is -3.87. The molecule has 0 radical (unpaired) electrons. The second kappa shape index (κ2) is 4.91. The van der Waals surface area contributed by atoms with Crippen LogP contribution >= 0.6 is 11.3 Å². The fraction of sp³-hybridized carbons (Fsp3) is 0.375. The van der Waals surface area contributed by atoms with Gasteiger partial charge in [-0.25, -0.2) is 8.42 Å². The van der Waals surface area contributed by atoms with Crippen LogP contribution in [0.5, 0.6) is 0 Å². The Balaban J connectivity index is 2.91. The number of thiophene rings is 1. The van der Waals surface area contributed by atoms with Crippen LogP contribution in [0.4, 0.5) is 0 Å². The van der Waals surface area contributed by atoms with Crippen molar-refractivity contribution in [1.29, 1.82) is 0 Å². The lowest BCUT2D eigenvalue weighted by atomic mass is 10.3. The number of aryl methyl sites for hydroxylation is 1. The average molecular weight is 265 g/mol. The third-order valence-corrected chi connectivity index (χ3v) is 4.72. The summed E-state index contributed by atoms with van der Waals surface area (Å²) in [6, 6.07) is 1.49. The number of nitrogens with one attached hydrogen (secondary N) is 1. The Morgan fingerprint density at radius 2 is 2.19 bits per heavy atom. The normalized spacial score (nSPS) is 13.6. The van der Waals surface area contributed by atoms with Crippen molar-refractivity contribution < 1.29 is 23.4 Å². The molecule has 3 N–H and O–H groups in total. The van der Waals surface area contributed by atoms with Crippen LogP contribution in [-0.4, -0.2) is 37.2 Å². The molecule has 0 saturated carbocycles. The molecular formula is C8H11NO5S2. The zero-order valence-corrected chi connectivity index (χ0v) is 10.0. The van der Waals surface area contributed by atoms with E-state index in [1.807, 2.05) is 4.72 Å². The first-order valence-corrected chi connectivity index (χ1v) is 6.59. The zero-order valence-electron chi connectivity index (χ0n) is 8.37. The number of hydrogen-bond acceptors (Lipinski definition) is 5. The fourth-order valence-corrected chi connectivity index (χ4v) is 3.45. The lowest BCUT2D eigenvalue weighted by molar-refractivity contribution is -0.139. The third kappa shape index (κ3) is 3.01. The largest absolute Gasteiger partial charge is 0.480 e. The van der Waals surface area contributed by atoms with Gasteiger partial charge in [-0.05, 0) is 19.1 Å². The molecule has 1 atom stereocenters. The molecule has 6 nitrogen and oxygen atoms in total. The van der Waals surface area contributed by atoms with Crippen LogP contribution in [-0.2, 0) is 14.8 Å². The zero-order chi connectivity index (χ0) is 12.3. The van der Waals surface area contributed by atoms with Crippen molar-refractivity contribution in [2.45, 2.75) is 17.2 Å². The molecule has 8 heteroatoms. The van der Waals surface area contributed by atoms with Gasteiger partial charge in [0.25, 0.3) is 10.0 Å². The average Bonchev–Trinajstić information content (AvgIpc) is 2.61. The molecule has 0 aliphatic carbocycles. The van der Waals surface area contributed by atoms with Crippen LogP contribution in [0.15, 0.2) is 16.3 Å². The van der Waals surface area contributed by atoms with Gasteiger partial charge in [0, 0.05) is 4.88 Å². The molecule has 1 aromatic rings. The Morgan fingerprint density at radius 1 is 1.56 bits per heavy atom. The number of hydrogen-bond donors (Lipinski definition) is 3. The van der Waals surface area contributed by atoms with E-state index in [1.165, 1.54) is 6.07 Å². The predicted octanol–water partition coefficient (Wildman–Crippen LogP) is -0.220. The topological polar surface area (TPSA) is 104 Å². The predicted molar refractivity (Wildman–Crippen MR) is 57.9 cm³/mol. The molecule has 0 aliphatic heterocycles. The van der Waals surface area contributed by atoms with E-state index in [-0.39, 0.29) is 4.21 Å². The Labute approximate surface area is 96.6 Å². The Bertz CT molecular complexity index is 478. The summed E-state index contributed by atoms with van der Waals surface area (Å²) < 4.78 is 25.2. The summed E-state index contributed by atoms with van der Waals surface area (Å²) in [6.07, 6.45) is 0. The van der Waals surface area contributed by atoms with Crippen molar-refractivity contribution in [2.24, 2.45) is 0 Å². The number of carbonyl (C=O) groups is 1. The number of carboxylic acid groups (broad SMARTS) is 1. The van der Waals surface area contributed by atoms with E-state index in [2.05, 4.69) is 0 Å². The summed E-state index contributed by atoms with van der Waals surface area (Å²) in [6.45, 7) is 0.948. The van der Waals surface area contributed by atoms with E-state index in [0.717, 1.165) is 16.2 Å². The molecule has 0 amide bonds. The lowest BCUT2D eigenvalue weighted by Gasteiger charge is -2.10. The van der Waals surface area contributed by atoms with E-state index < -0.39 is 28.6 Å². The highest BCUT2D eigenvalue weighted by Crippen LogP contribution is 2.20. The molecule has 0 bridgehead atoms. The highest BCUT2D eigenvalue weighted by molar-refractivity contribution is 7.91. The van der Waals surface area contributed by atoms with Gasteiger partial charge >= 0.3 is 5.97 Å². The van der Waals surface area contributed by atoms with Crippen molar-refractivity contribution in [3.63, 3.8) is 0 Å². The van der Waals surface area contributed by atoms with Gasteiger partial charge in [-0.15, -0.1) is 11.3 Å². The van der Waals surface area contributed by atoms with Crippen LogP contribution in [0, 0.1) is 6.92 Å². The van der Waals surface area contributed by atoms with Gasteiger partial charge in [0.1, 0.15) is 10.3 Å². The standard InChI is InChI=1S/C8H11NO5S2/c1-5-2-3-7(15-5)16(13,14)9-6(4-10)8(11)12/h2-3,6,9-10H,4H2,1H3,(H,11,12)/t6-/m1/s1. The second-order valence-corrected chi connectivity index (χ2v) is 6.29. The first-order chi connectivity index (χ1) is 7.36. The van der Waals surface area contributed by atoms with Crippen LogP contribution in [0.3, 0.4) is 0 Å². The van der Waals surface area contributed by atoms with Gasteiger partial charge in [0.2, 0.25) is 0 Å². The summed E-state index contributed by atoms with van der Waals surface area (Å²) in [5.41, 5.74) is 0. The SMILES string of the molecule is Cc1ccc(S(=O)(=O)N[C@H](CO)C(=O)O)s1. The van der Waals surface area contributed by atoms with Gasteiger partial charge in [-0.3, -0.25) is 4.79 Å². The number of aliphatic carboxylic acids is 1. The highest BCUT2D eigenvalue weighted by Gasteiger charge is 2.25. The Kier molecular flexibility index (Phi) is 4.03. The maximum absolute atomic E-state index is 11.6. The highest BCUT2D eigenvalue weighted by atomic mass is 32.2. The molecule has 1 heterocycles. The van der Waals surface area contributed by atoms with Crippen LogP contribution in [0.25, 0.3) is 0 Å². The maximum atomic E-state index is 11.6. The van der Waals surface area contributed by atoms with Gasteiger partial charge in [0.05, 0.1) is 6.61 Å². The number of aliphatic hydroxyl groups is 1. The van der Waals surface area contributed by atoms with E-state index >= 15 is 0 Å². The third-order valence-electron chi connectivity index (χ3n) is 1.76. The monoisotopic (exact) mass is 265 g/mol. The minimum absolute atomic E-state index is 0.0321. The van der Waals surface area contributed by atoms with Crippen molar-refractivity contribution in [2.75, 3.05) is 6.61 Å². The van der Waals surface area contributed by atoms with E-state index in [0.29, 0.717) is 0 Å². The number of carboxylic acids is 1. The molecule has 0 spiro atoms.